The Morgan fingerprint density at radius 1 is 0.973 bits per heavy atom. The summed E-state index contributed by atoms with van der Waals surface area (Å²) in [6.07, 6.45) is 2.07. The van der Waals surface area contributed by atoms with Crippen LogP contribution in [0.3, 0.4) is 0 Å². The van der Waals surface area contributed by atoms with Gasteiger partial charge < -0.3 is 24.0 Å². The molecule has 0 radical (unpaired) electrons. The molecule has 0 aliphatic carbocycles. The van der Waals surface area contributed by atoms with Gasteiger partial charge in [0.05, 0.1) is 29.9 Å². The molecule has 196 valence electrons. The second-order valence-corrected chi connectivity index (χ2v) is 9.85. The standard InChI is InChI=1S/C29H35N3O5/c1-31-19-26-25(35-3)13-12-23(37-26)14-15-36-28-21(17-30)10-7-11-24(28)29(34)32(2)18-22(16-27(31)33)20-8-5-4-6-9-20/h4-11,22-23,25-26H,12-16,18-19H2,1-3H3/t22-,23+,25+,26+/m1/s1. The van der Waals surface area contributed by atoms with Gasteiger partial charge >= 0.3 is 0 Å². The number of nitriles is 1. The molecule has 2 aliphatic rings. The predicted octanol–water partition coefficient (Wildman–Crippen LogP) is 3.61. The Hall–Kier alpha value is -3.41. The average molecular weight is 506 g/mol. The lowest BCUT2D eigenvalue weighted by Crippen LogP contribution is -2.48. The Morgan fingerprint density at radius 2 is 1.76 bits per heavy atom. The molecule has 1 fully saturated rings. The zero-order valence-corrected chi connectivity index (χ0v) is 21.8. The highest BCUT2D eigenvalue weighted by Crippen LogP contribution is 2.30. The van der Waals surface area contributed by atoms with E-state index in [1.165, 1.54) is 0 Å². The fraction of sp³-hybridized carbons (Fsp3) is 0.483. The lowest BCUT2D eigenvalue weighted by molar-refractivity contribution is -0.150. The predicted molar refractivity (Wildman–Crippen MR) is 138 cm³/mol. The molecule has 0 spiro atoms. The van der Waals surface area contributed by atoms with Gasteiger partial charge in [-0.1, -0.05) is 36.4 Å². The number of para-hydroxylation sites is 1. The van der Waals surface area contributed by atoms with Crippen molar-refractivity contribution in [2.24, 2.45) is 0 Å². The number of ether oxygens (including phenoxy) is 3. The summed E-state index contributed by atoms with van der Waals surface area (Å²) in [5.41, 5.74) is 1.64. The van der Waals surface area contributed by atoms with E-state index in [0.717, 1.165) is 18.4 Å². The molecule has 8 nitrogen and oxygen atoms in total. The summed E-state index contributed by atoms with van der Waals surface area (Å²) in [4.78, 5) is 30.3. The molecular weight excluding hydrogens is 470 g/mol. The van der Waals surface area contributed by atoms with E-state index in [0.29, 0.717) is 43.0 Å². The minimum atomic E-state index is -0.252. The van der Waals surface area contributed by atoms with Gasteiger partial charge in [0.1, 0.15) is 17.9 Å². The third kappa shape index (κ3) is 6.30. The molecule has 0 aromatic heterocycles. The van der Waals surface area contributed by atoms with Crippen LogP contribution >= 0.6 is 0 Å². The normalized spacial score (nSPS) is 25.7. The maximum atomic E-state index is 13.6. The van der Waals surface area contributed by atoms with Gasteiger partial charge in [0.15, 0.2) is 0 Å². The van der Waals surface area contributed by atoms with Crippen molar-refractivity contribution >= 4 is 11.8 Å². The quantitative estimate of drug-likeness (QED) is 0.619. The number of methoxy groups -OCH3 is 1. The summed E-state index contributed by atoms with van der Waals surface area (Å²) in [7, 11) is 5.20. The molecule has 0 N–H and O–H groups in total. The van der Waals surface area contributed by atoms with E-state index < -0.39 is 0 Å². The molecule has 2 amide bonds. The van der Waals surface area contributed by atoms with E-state index in [1.807, 2.05) is 30.3 Å². The van der Waals surface area contributed by atoms with Crippen molar-refractivity contribution in [1.29, 1.82) is 5.26 Å². The van der Waals surface area contributed by atoms with Crippen LogP contribution in [0.25, 0.3) is 0 Å². The van der Waals surface area contributed by atoms with Crippen molar-refractivity contribution in [3.8, 4) is 11.8 Å². The first kappa shape index (κ1) is 26.6. The van der Waals surface area contributed by atoms with Crippen LogP contribution in [0.1, 0.15) is 53.1 Å². The zero-order chi connectivity index (χ0) is 26.4. The monoisotopic (exact) mass is 505 g/mol. The summed E-state index contributed by atoms with van der Waals surface area (Å²) in [5, 5.41) is 9.69. The first-order chi connectivity index (χ1) is 17.9. The van der Waals surface area contributed by atoms with Crippen LogP contribution in [-0.2, 0) is 14.3 Å². The second kappa shape index (κ2) is 12.2. The molecule has 2 aromatic carbocycles. The Balaban J connectivity index is 1.69. The molecule has 8 heteroatoms. The molecule has 2 aromatic rings. The third-order valence-electron chi connectivity index (χ3n) is 7.32. The molecule has 4 atom stereocenters. The topological polar surface area (TPSA) is 92.1 Å². The van der Waals surface area contributed by atoms with Crippen LogP contribution in [0, 0.1) is 11.3 Å². The molecule has 2 aliphatic heterocycles. The molecule has 4 rings (SSSR count). The summed E-state index contributed by atoms with van der Waals surface area (Å²) in [6, 6.07) is 17.0. The van der Waals surface area contributed by atoms with E-state index in [1.54, 1.807) is 49.2 Å². The Kier molecular flexibility index (Phi) is 8.80. The second-order valence-electron chi connectivity index (χ2n) is 9.85. The maximum Gasteiger partial charge on any atom is 0.257 e. The van der Waals surface area contributed by atoms with Crippen molar-refractivity contribution in [2.45, 2.75) is 49.9 Å². The molecule has 2 bridgehead atoms. The maximum absolute atomic E-state index is 13.6. The number of benzene rings is 2. The molecule has 37 heavy (non-hydrogen) atoms. The third-order valence-corrected chi connectivity index (χ3v) is 7.32. The van der Waals surface area contributed by atoms with Gasteiger partial charge in [0, 0.05) is 53.1 Å². The van der Waals surface area contributed by atoms with E-state index in [2.05, 4.69) is 6.07 Å². The number of hydrogen-bond donors (Lipinski definition) is 0. The van der Waals surface area contributed by atoms with Crippen molar-refractivity contribution < 1.29 is 23.8 Å². The number of rotatable bonds is 2. The van der Waals surface area contributed by atoms with Crippen LogP contribution in [0.5, 0.6) is 5.75 Å². The van der Waals surface area contributed by atoms with Crippen LogP contribution < -0.4 is 4.74 Å². The number of amides is 2. The minimum absolute atomic E-state index is 0.0159. The highest BCUT2D eigenvalue weighted by molar-refractivity contribution is 5.97. The minimum Gasteiger partial charge on any atom is -0.491 e. The smallest absolute Gasteiger partial charge is 0.257 e. The van der Waals surface area contributed by atoms with Crippen LogP contribution in [-0.4, -0.2) is 80.8 Å². The number of hydrogen-bond acceptors (Lipinski definition) is 6. The van der Waals surface area contributed by atoms with Crippen LogP contribution in [0.2, 0.25) is 0 Å². The lowest BCUT2D eigenvalue weighted by Gasteiger charge is -2.38. The SMILES string of the molecule is CO[C@H]1CC[C@H]2CCOc3c(C#N)cccc3C(=O)N(C)C[C@H](c3ccccc3)CC(=O)N(C)C[C@@H]1O2. The van der Waals surface area contributed by atoms with E-state index in [4.69, 9.17) is 14.2 Å². The van der Waals surface area contributed by atoms with Crippen LogP contribution in [0.15, 0.2) is 48.5 Å². The highest BCUT2D eigenvalue weighted by atomic mass is 16.5. The fourth-order valence-electron chi connectivity index (χ4n) is 5.19. The molecule has 0 saturated carbocycles. The highest BCUT2D eigenvalue weighted by Gasteiger charge is 2.34. The first-order valence-electron chi connectivity index (χ1n) is 12.8. The molecule has 0 unspecified atom stereocenters. The van der Waals surface area contributed by atoms with Crippen molar-refractivity contribution in [1.82, 2.24) is 9.80 Å². The van der Waals surface area contributed by atoms with E-state index in [-0.39, 0.29) is 42.5 Å². The average Bonchev–Trinajstić information content (AvgIpc) is 2.92. The zero-order valence-electron chi connectivity index (χ0n) is 21.8. The van der Waals surface area contributed by atoms with Crippen molar-refractivity contribution in [3.63, 3.8) is 0 Å². The molecule has 1 saturated heterocycles. The van der Waals surface area contributed by atoms with Gasteiger partial charge in [0.2, 0.25) is 5.91 Å². The van der Waals surface area contributed by atoms with Crippen LogP contribution in [0.4, 0.5) is 0 Å². The van der Waals surface area contributed by atoms with Crippen molar-refractivity contribution in [3.05, 3.63) is 65.2 Å². The Bertz CT molecular complexity index is 1130. The van der Waals surface area contributed by atoms with Gasteiger partial charge in [0.25, 0.3) is 5.91 Å². The van der Waals surface area contributed by atoms with E-state index >= 15 is 0 Å². The Morgan fingerprint density at radius 3 is 2.49 bits per heavy atom. The van der Waals surface area contributed by atoms with E-state index in [9.17, 15) is 14.9 Å². The number of carbonyl (C=O) groups is 2. The van der Waals surface area contributed by atoms with Gasteiger partial charge in [-0.3, -0.25) is 9.59 Å². The van der Waals surface area contributed by atoms with Gasteiger partial charge in [-0.15, -0.1) is 0 Å². The van der Waals surface area contributed by atoms with Crippen molar-refractivity contribution in [2.75, 3.05) is 40.9 Å². The summed E-state index contributed by atoms with van der Waals surface area (Å²) < 4.78 is 18.1. The fourth-order valence-corrected chi connectivity index (χ4v) is 5.19. The Labute approximate surface area is 218 Å². The summed E-state index contributed by atoms with van der Waals surface area (Å²) in [6.45, 7) is 1.06. The lowest BCUT2D eigenvalue weighted by atomic mass is 9.93. The summed E-state index contributed by atoms with van der Waals surface area (Å²) >= 11 is 0. The van der Waals surface area contributed by atoms with Gasteiger partial charge in [-0.2, -0.15) is 5.26 Å². The largest absolute Gasteiger partial charge is 0.491 e. The van der Waals surface area contributed by atoms with Gasteiger partial charge in [-0.25, -0.2) is 0 Å². The first-order valence-corrected chi connectivity index (χ1v) is 12.8. The summed E-state index contributed by atoms with van der Waals surface area (Å²) in [5.74, 6) is -0.182. The molecular formula is C29H35N3O5. The number of nitrogens with zero attached hydrogens (tertiary/aromatic N) is 3. The number of fused-ring (bicyclic) bond motifs is 3. The number of carbonyl (C=O) groups excluding carboxylic acids is 2. The van der Waals surface area contributed by atoms with Gasteiger partial charge in [-0.05, 0) is 30.5 Å². The number of likely N-dealkylation sites (N-methyl/N-ethyl adjacent to an activating group) is 2. The molecule has 2 heterocycles.